The van der Waals surface area contributed by atoms with Crippen LogP contribution in [0.5, 0.6) is 0 Å². The van der Waals surface area contributed by atoms with Crippen molar-refractivity contribution in [2.75, 3.05) is 0 Å². The van der Waals surface area contributed by atoms with Crippen LogP contribution in [0.3, 0.4) is 0 Å². The van der Waals surface area contributed by atoms with Gasteiger partial charge in [0, 0.05) is 33.4 Å². The van der Waals surface area contributed by atoms with Gasteiger partial charge in [0.1, 0.15) is 0 Å². The van der Waals surface area contributed by atoms with E-state index in [9.17, 15) is 0 Å². The van der Waals surface area contributed by atoms with Gasteiger partial charge in [0.25, 0.3) is 0 Å². The van der Waals surface area contributed by atoms with E-state index in [-0.39, 0.29) is 0 Å². The van der Waals surface area contributed by atoms with E-state index in [0.717, 1.165) is 45.5 Å². The minimum absolute atomic E-state index is 0.478. The molecule has 6 heteroatoms. The number of hydrogen-bond donors (Lipinski definition) is 0. The second kappa shape index (κ2) is 9.72. The first-order valence-electron chi connectivity index (χ1n) is 11.9. The van der Waals surface area contributed by atoms with Crippen LogP contribution < -0.4 is 0 Å². The molecule has 3 rings (SSSR count). The molecule has 0 amide bonds. The van der Waals surface area contributed by atoms with Crippen molar-refractivity contribution < 1.29 is 0 Å². The summed E-state index contributed by atoms with van der Waals surface area (Å²) in [5.74, 6) is 0. The van der Waals surface area contributed by atoms with Crippen LogP contribution in [0.2, 0.25) is 0 Å². The van der Waals surface area contributed by atoms with Crippen molar-refractivity contribution >= 4 is 51.2 Å². The van der Waals surface area contributed by atoms with E-state index in [1.807, 2.05) is 0 Å². The molecule has 0 saturated heterocycles. The lowest BCUT2D eigenvalue weighted by molar-refractivity contribution is 0.979. The van der Waals surface area contributed by atoms with Crippen LogP contribution in [0.25, 0.3) is 21.8 Å². The minimum Gasteiger partial charge on any atom is -0.247 e. The zero-order valence-electron chi connectivity index (χ0n) is 21.1. The van der Waals surface area contributed by atoms with Gasteiger partial charge < -0.3 is 0 Å². The highest BCUT2D eigenvalue weighted by atomic mass is 31.2. The summed E-state index contributed by atoms with van der Waals surface area (Å²) >= 11 is 0. The Labute approximate surface area is 199 Å². The molecule has 166 valence electrons. The van der Waals surface area contributed by atoms with Crippen LogP contribution in [-0.4, -0.2) is 47.7 Å². The summed E-state index contributed by atoms with van der Waals surface area (Å²) in [7, 11) is 10.7. The fraction of sp³-hybridized carbons (Fsp3) is 0.538. The van der Waals surface area contributed by atoms with Gasteiger partial charge in [0.2, 0.25) is 0 Å². The third kappa shape index (κ3) is 4.93. The van der Waals surface area contributed by atoms with Crippen molar-refractivity contribution in [2.24, 2.45) is 0 Å². The van der Waals surface area contributed by atoms with Gasteiger partial charge in [0.15, 0.2) is 0 Å². The Morgan fingerprint density at radius 1 is 0.562 bits per heavy atom. The smallest absolute Gasteiger partial charge is 0.247 e. The molecule has 0 fully saturated rings. The molecule has 0 spiro atoms. The number of aromatic nitrogens is 2. The highest BCUT2D eigenvalue weighted by Crippen LogP contribution is 2.65. The highest BCUT2D eigenvalue weighted by molar-refractivity contribution is 7.98. The Balaban J connectivity index is 2.09. The molecule has 1 aromatic carbocycles. The molecule has 0 saturated carbocycles. The Kier molecular flexibility index (Phi) is 7.79. The van der Waals surface area contributed by atoms with Gasteiger partial charge >= 0.3 is 15.1 Å². The van der Waals surface area contributed by atoms with Crippen LogP contribution in [0.4, 0.5) is 0 Å². The lowest BCUT2D eigenvalue weighted by atomic mass is 10.1. The van der Waals surface area contributed by atoms with Gasteiger partial charge in [-0.15, -0.1) is 0 Å². The van der Waals surface area contributed by atoms with E-state index < -0.39 is 14.3 Å². The quantitative estimate of drug-likeness (QED) is 0.196. The third-order valence-electron chi connectivity index (χ3n) is 7.35. The molecule has 0 atom stereocenters. The molecule has 0 aliphatic heterocycles. The summed E-state index contributed by atoms with van der Waals surface area (Å²) in [5.41, 5.74) is 6.04. The largest absolute Gasteiger partial charge is 0.366 e. The van der Waals surface area contributed by atoms with E-state index >= 15 is 0 Å². The van der Waals surface area contributed by atoms with Gasteiger partial charge in [-0.3, -0.25) is 0 Å². The Bertz CT molecular complexity index is 993. The standard InChI is InChI=1S/C26H38B2N2P2/c1-17(2)31(27,18(3)4)15-23-13-11-21-9-10-22-12-14-24(30-26(22)25(21)29-23)16-32(28,19(5)6)20(7)8/h9-14,17-20H,15-16H2,1-8H3/q+2. The molecule has 0 aliphatic rings. The molecule has 2 nitrogen and oxygen atoms in total. The second-order valence-corrected chi connectivity index (χ2v) is 19.2. The van der Waals surface area contributed by atoms with E-state index in [4.69, 9.17) is 25.1 Å². The number of nitrogens with zero attached hydrogens (tertiary/aromatic N) is 2. The molecule has 0 unspecified atom stereocenters. The summed E-state index contributed by atoms with van der Waals surface area (Å²) in [4.78, 5) is 10.2. The second-order valence-electron chi connectivity index (χ2n) is 10.5. The average Bonchev–Trinajstić information content (AvgIpc) is 2.72. The van der Waals surface area contributed by atoms with Crippen molar-refractivity contribution in [3.05, 3.63) is 47.8 Å². The lowest BCUT2D eigenvalue weighted by Gasteiger charge is -2.31. The predicted octanol–water partition coefficient (Wildman–Crippen LogP) is 7.62. The molecule has 2 heterocycles. The Morgan fingerprint density at radius 3 is 1.12 bits per heavy atom. The van der Waals surface area contributed by atoms with E-state index in [1.54, 1.807) is 0 Å². The van der Waals surface area contributed by atoms with Gasteiger partial charge in [-0.2, -0.15) is 0 Å². The zero-order chi connectivity index (χ0) is 23.8. The number of pyridine rings is 2. The normalized spacial score (nSPS) is 13.4. The molecule has 2 aromatic heterocycles. The van der Waals surface area contributed by atoms with Gasteiger partial charge in [-0.05, 0) is 81.8 Å². The average molecular weight is 462 g/mol. The Morgan fingerprint density at radius 2 is 0.844 bits per heavy atom. The summed E-state index contributed by atoms with van der Waals surface area (Å²) < 4.78 is 0. The van der Waals surface area contributed by atoms with E-state index in [1.165, 1.54) is 0 Å². The lowest BCUT2D eigenvalue weighted by Crippen LogP contribution is -2.18. The predicted molar refractivity (Wildman–Crippen MR) is 150 cm³/mol. The Hall–Kier alpha value is -0.970. The maximum atomic E-state index is 6.97. The van der Waals surface area contributed by atoms with Gasteiger partial charge in [-0.1, -0.05) is 24.3 Å². The molecule has 0 aliphatic carbocycles. The van der Waals surface area contributed by atoms with Crippen molar-refractivity contribution in [1.82, 2.24) is 9.97 Å². The maximum absolute atomic E-state index is 6.97. The van der Waals surface area contributed by atoms with Crippen molar-refractivity contribution in [3.63, 3.8) is 0 Å². The summed E-state index contributed by atoms with van der Waals surface area (Å²) in [6.45, 7) is 18.0. The number of hydrogen-bond acceptors (Lipinski definition) is 2. The SMILES string of the molecule is [B][P+](Cc1ccc2ccc3ccc(C[P+]([B])(C(C)C)C(C)C)nc3c2n1)(C(C)C)C(C)C. The van der Waals surface area contributed by atoms with Crippen LogP contribution in [0.1, 0.15) is 66.8 Å². The minimum atomic E-state index is -1.63. The number of fused-ring (bicyclic) bond motifs is 3. The van der Waals surface area contributed by atoms with Crippen LogP contribution in [0.15, 0.2) is 36.4 Å². The molecule has 0 N–H and O–H groups in total. The zero-order valence-corrected chi connectivity index (χ0v) is 22.9. The topological polar surface area (TPSA) is 25.8 Å². The summed E-state index contributed by atoms with van der Waals surface area (Å²) in [6, 6.07) is 13.0. The maximum Gasteiger partial charge on any atom is 0.366 e. The molecule has 4 radical (unpaired) electrons. The fourth-order valence-corrected chi connectivity index (χ4v) is 9.83. The summed E-state index contributed by atoms with van der Waals surface area (Å²) in [6.07, 6.45) is 1.74. The molecular weight excluding hydrogens is 424 g/mol. The fourth-order valence-electron chi connectivity index (χ4n) is 4.51. The number of benzene rings is 1. The van der Waals surface area contributed by atoms with Crippen molar-refractivity contribution in [2.45, 2.75) is 90.3 Å². The van der Waals surface area contributed by atoms with Gasteiger partial charge in [0.05, 0.1) is 34.7 Å². The van der Waals surface area contributed by atoms with E-state index in [2.05, 4.69) is 91.8 Å². The van der Waals surface area contributed by atoms with E-state index in [0.29, 0.717) is 22.6 Å². The highest BCUT2D eigenvalue weighted by Gasteiger charge is 2.40. The van der Waals surface area contributed by atoms with Crippen LogP contribution in [0, 0.1) is 0 Å². The first kappa shape index (κ1) is 25.6. The van der Waals surface area contributed by atoms with Crippen molar-refractivity contribution in [3.8, 4) is 0 Å². The molecule has 0 bridgehead atoms. The summed E-state index contributed by atoms with van der Waals surface area (Å²) in [5, 5.41) is 2.25. The van der Waals surface area contributed by atoms with Crippen molar-refractivity contribution in [1.29, 1.82) is 0 Å². The number of rotatable bonds is 8. The first-order valence-corrected chi connectivity index (χ1v) is 16.2. The van der Waals surface area contributed by atoms with Crippen LogP contribution in [-0.2, 0) is 12.3 Å². The molecule has 3 aromatic rings. The third-order valence-corrected chi connectivity index (χ3v) is 16.8. The molecule has 32 heavy (non-hydrogen) atoms. The first-order chi connectivity index (χ1) is 14.9. The molecular formula is C26H38B2N2P2+2. The monoisotopic (exact) mass is 462 g/mol. The van der Waals surface area contributed by atoms with Gasteiger partial charge in [-0.25, -0.2) is 9.97 Å². The van der Waals surface area contributed by atoms with Crippen LogP contribution >= 0.6 is 14.3 Å².